The third kappa shape index (κ3) is 5.21. The molecule has 0 radical (unpaired) electrons. The van der Waals surface area contributed by atoms with E-state index >= 15 is 0 Å². The zero-order valence-corrected chi connectivity index (χ0v) is 32.5. The lowest BCUT2D eigenvalue weighted by Gasteiger charge is -2.42. The van der Waals surface area contributed by atoms with Gasteiger partial charge in [-0.25, -0.2) is 9.97 Å². The Labute approximate surface area is 348 Å². The van der Waals surface area contributed by atoms with Gasteiger partial charge in [-0.05, 0) is 74.2 Å². The number of aromatic nitrogens is 3. The van der Waals surface area contributed by atoms with Gasteiger partial charge < -0.3 is 4.74 Å². The fraction of sp³-hybridized carbons (Fsp3) is 0.0179. The van der Waals surface area contributed by atoms with E-state index in [1.54, 1.807) is 6.20 Å². The van der Waals surface area contributed by atoms with Crippen LogP contribution >= 0.6 is 0 Å². The Hall–Kier alpha value is -7.95. The predicted molar refractivity (Wildman–Crippen MR) is 242 cm³/mol. The van der Waals surface area contributed by atoms with Gasteiger partial charge in [0.15, 0.2) is 5.82 Å². The first-order valence-corrected chi connectivity index (χ1v) is 20.3. The molecule has 0 fully saturated rings. The Balaban J connectivity index is 1.15. The Morgan fingerprint density at radius 2 is 1.00 bits per heavy atom. The summed E-state index contributed by atoms with van der Waals surface area (Å²) in [6.07, 6.45) is 3.69. The van der Waals surface area contributed by atoms with Gasteiger partial charge in [0.25, 0.3) is 0 Å². The third-order valence-corrected chi connectivity index (χ3v) is 12.3. The van der Waals surface area contributed by atoms with Crippen molar-refractivity contribution in [3.8, 4) is 78.8 Å². The van der Waals surface area contributed by atoms with E-state index in [9.17, 15) is 0 Å². The van der Waals surface area contributed by atoms with Gasteiger partial charge in [0.2, 0.25) is 0 Å². The molecular formula is C56H35N3O. The SMILES string of the molecule is c1ccc(-c2cc(-c3ccc(-c4cccnc4)cc3)nc(-c3ccc4c(c3)C3(c5ccccc5Oc5c3ccc3ccccc53)c3ccccc3-c3ccccc3-4)n2)cc1. The number of benzene rings is 8. The maximum atomic E-state index is 7.02. The van der Waals surface area contributed by atoms with Crippen molar-refractivity contribution >= 4 is 10.8 Å². The summed E-state index contributed by atoms with van der Waals surface area (Å²) in [4.78, 5) is 15.1. The minimum Gasteiger partial charge on any atom is -0.456 e. The van der Waals surface area contributed by atoms with E-state index in [0.29, 0.717) is 5.82 Å². The van der Waals surface area contributed by atoms with Crippen molar-refractivity contribution in [1.82, 2.24) is 15.0 Å². The molecule has 1 spiro atoms. The molecule has 2 aliphatic rings. The number of fused-ring (bicyclic) bond motifs is 13. The maximum absolute atomic E-state index is 7.02. The van der Waals surface area contributed by atoms with Crippen LogP contribution in [0.5, 0.6) is 11.5 Å². The standard InChI is InChI=1S/C56H35N3O/c1-2-14-38(15-3-1)51-34-52(39-26-24-36(25-27-39)41-16-12-32-57-35-41)59-55(58-51)40-28-30-46-44-19-7-6-18-43(44)45-20-8-9-21-47(45)56(50(46)33-40)48-22-10-11-23-53(48)60-54-42-17-5-4-13-37(42)29-31-49(54)56/h1-35H. The van der Waals surface area contributed by atoms with Gasteiger partial charge in [-0.15, -0.1) is 0 Å². The lowest BCUT2D eigenvalue weighted by Crippen LogP contribution is -2.35. The predicted octanol–water partition coefficient (Wildman–Crippen LogP) is 13.8. The average molecular weight is 766 g/mol. The van der Waals surface area contributed by atoms with Gasteiger partial charge in [-0.1, -0.05) is 176 Å². The second-order valence-electron chi connectivity index (χ2n) is 15.5. The van der Waals surface area contributed by atoms with E-state index in [1.807, 2.05) is 18.3 Å². The number of hydrogen-bond acceptors (Lipinski definition) is 4. The van der Waals surface area contributed by atoms with Crippen molar-refractivity contribution in [2.75, 3.05) is 0 Å². The molecule has 1 aliphatic heterocycles. The van der Waals surface area contributed by atoms with E-state index in [0.717, 1.165) is 83.7 Å². The molecule has 3 heterocycles. The van der Waals surface area contributed by atoms with Gasteiger partial charge in [0.05, 0.1) is 16.8 Å². The molecule has 0 amide bonds. The molecule has 4 nitrogen and oxygen atoms in total. The number of nitrogens with zero attached hydrogens (tertiary/aromatic N) is 3. The molecule has 0 N–H and O–H groups in total. The molecule has 12 rings (SSSR count). The van der Waals surface area contributed by atoms with Crippen LogP contribution in [0.2, 0.25) is 0 Å². The quantitative estimate of drug-likeness (QED) is 0.179. The topological polar surface area (TPSA) is 47.9 Å². The Morgan fingerprint density at radius 1 is 0.383 bits per heavy atom. The number of ether oxygens (including phenoxy) is 1. The highest BCUT2D eigenvalue weighted by Crippen LogP contribution is 2.62. The molecule has 4 heteroatoms. The van der Waals surface area contributed by atoms with Crippen LogP contribution in [0.1, 0.15) is 22.3 Å². The van der Waals surface area contributed by atoms with E-state index in [2.05, 4.69) is 193 Å². The summed E-state index contributed by atoms with van der Waals surface area (Å²) in [5, 5.41) is 2.22. The lowest BCUT2D eigenvalue weighted by atomic mass is 9.61. The highest BCUT2D eigenvalue weighted by atomic mass is 16.5. The smallest absolute Gasteiger partial charge is 0.160 e. The van der Waals surface area contributed by atoms with Crippen molar-refractivity contribution in [2.45, 2.75) is 5.41 Å². The maximum Gasteiger partial charge on any atom is 0.160 e. The summed E-state index contributed by atoms with van der Waals surface area (Å²) in [7, 11) is 0. The van der Waals surface area contributed by atoms with Crippen molar-refractivity contribution < 1.29 is 4.74 Å². The molecule has 1 unspecified atom stereocenters. The highest BCUT2D eigenvalue weighted by molar-refractivity contribution is 5.98. The first-order valence-electron chi connectivity index (χ1n) is 20.3. The normalized spacial score (nSPS) is 14.5. The molecule has 8 aromatic carbocycles. The molecule has 0 saturated carbocycles. The largest absolute Gasteiger partial charge is 0.456 e. The van der Waals surface area contributed by atoms with Crippen molar-refractivity contribution in [3.63, 3.8) is 0 Å². The highest BCUT2D eigenvalue weighted by Gasteiger charge is 2.49. The average Bonchev–Trinajstić information content (AvgIpc) is 3.43. The Bertz CT molecular complexity index is 3290. The van der Waals surface area contributed by atoms with Crippen LogP contribution in [-0.4, -0.2) is 15.0 Å². The van der Waals surface area contributed by atoms with Gasteiger partial charge in [-0.2, -0.15) is 0 Å². The Morgan fingerprint density at radius 3 is 1.78 bits per heavy atom. The number of para-hydroxylation sites is 1. The van der Waals surface area contributed by atoms with Crippen LogP contribution < -0.4 is 4.74 Å². The van der Waals surface area contributed by atoms with Gasteiger partial charge in [-0.3, -0.25) is 4.98 Å². The monoisotopic (exact) mass is 765 g/mol. The first-order chi connectivity index (χ1) is 29.7. The molecule has 1 atom stereocenters. The fourth-order valence-electron chi connectivity index (χ4n) is 9.57. The molecule has 10 aromatic rings. The molecule has 0 saturated heterocycles. The summed E-state index contributed by atoms with van der Waals surface area (Å²) in [6, 6.07) is 71.3. The van der Waals surface area contributed by atoms with E-state index in [1.165, 1.54) is 22.3 Å². The molecule has 60 heavy (non-hydrogen) atoms. The summed E-state index contributed by atoms with van der Waals surface area (Å²) in [5.41, 5.74) is 15.4. The molecule has 280 valence electrons. The molecule has 0 bridgehead atoms. The van der Waals surface area contributed by atoms with E-state index in [4.69, 9.17) is 14.7 Å². The summed E-state index contributed by atoms with van der Waals surface area (Å²) < 4.78 is 7.02. The first kappa shape index (κ1) is 34.1. The van der Waals surface area contributed by atoms with Gasteiger partial charge >= 0.3 is 0 Å². The summed E-state index contributed by atoms with van der Waals surface area (Å²) >= 11 is 0. The molecule has 1 aliphatic carbocycles. The molecular weight excluding hydrogens is 731 g/mol. The zero-order valence-electron chi connectivity index (χ0n) is 32.5. The summed E-state index contributed by atoms with van der Waals surface area (Å²) in [5.74, 6) is 2.38. The van der Waals surface area contributed by atoms with E-state index in [-0.39, 0.29) is 0 Å². The second-order valence-corrected chi connectivity index (χ2v) is 15.5. The number of pyridine rings is 1. The van der Waals surface area contributed by atoms with Crippen LogP contribution in [0.25, 0.3) is 78.1 Å². The van der Waals surface area contributed by atoms with Gasteiger partial charge in [0, 0.05) is 45.6 Å². The van der Waals surface area contributed by atoms with Crippen LogP contribution in [0.4, 0.5) is 0 Å². The number of hydrogen-bond donors (Lipinski definition) is 0. The number of rotatable bonds is 4. The second kappa shape index (κ2) is 13.6. The van der Waals surface area contributed by atoms with Crippen molar-refractivity contribution in [2.24, 2.45) is 0 Å². The van der Waals surface area contributed by atoms with E-state index < -0.39 is 5.41 Å². The third-order valence-electron chi connectivity index (χ3n) is 12.3. The molecule has 2 aromatic heterocycles. The van der Waals surface area contributed by atoms with Crippen molar-refractivity contribution in [1.29, 1.82) is 0 Å². The fourth-order valence-corrected chi connectivity index (χ4v) is 9.57. The zero-order chi connectivity index (χ0) is 39.6. The lowest BCUT2D eigenvalue weighted by molar-refractivity contribution is 0.440. The van der Waals surface area contributed by atoms with Crippen LogP contribution in [-0.2, 0) is 5.41 Å². The van der Waals surface area contributed by atoms with Crippen LogP contribution in [0, 0.1) is 0 Å². The van der Waals surface area contributed by atoms with Crippen molar-refractivity contribution in [3.05, 3.63) is 235 Å². The minimum absolute atomic E-state index is 0.658. The minimum atomic E-state index is -0.767. The van der Waals surface area contributed by atoms with Gasteiger partial charge in [0.1, 0.15) is 11.5 Å². The van der Waals surface area contributed by atoms with Crippen LogP contribution in [0.15, 0.2) is 213 Å². The summed E-state index contributed by atoms with van der Waals surface area (Å²) in [6.45, 7) is 0. The van der Waals surface area contributed by atoms with Crippen LogP contribution in [0.3, 0.4) is 0 Å². The Kier molecular flexibility index (Phi) is 7.72.